The van der Waals surface area contributed by atoms with Crippen molar-refractivity contribution in [2.75, 3.05) is 7.11 Å². The van der Waals surface area contributed by atoms with Crippen LogP contribution in [0.5, 0.6) is 0 Å². The summed E-state index contributed by atoms with van der Waals surface area (Å²) in [6.45, 7) is 2.06. The molecule has 0 radical (unpaired) electrons. The van der Waals surface area contributed by atoms with Crippen molar-refractivity contribution >= 4 is 11.8 Å². The zero-order valence-electron chi connectivity index (χ0n) is 18.3. The number of esters is 1. The van der Waals surface area contributed by atoms with Gasteiger partial charge in [-0.3, -0.25) is 9.59 Å². The highest BCUT2D eigenvalue weighted by atomic mass is 16.5. The van der Waals surface area contributed by atoms with Crippen molar-refractivity contribution in [3.8, 4) is 0 Å². The Bertz CT molecular complexity index is 709. The Hall–Kier alpha value is -1.98. The molecule has 1 saturated carbocycles. The number of allylic oxidation sites excluding steroid dienone is 2. The average Bonchev–Trinajstić information content (AvgIpc) is 3.15. The molecule has 0 spiro atoms. The Morgan fingerprint density at radius 2 is 1.93 bits per heavy atom. The summed E-state index contributed by atoms with van der Waals surface area (Å²) in [5.74, 6) is 0.0940. The van der Waals surface area contributed by atoms with Gasteiger partial charge >= 0.3 is 5.97 Å². The Balaban J connectivity index is 2.02. The third kappa shape index (κ3) is 6.78. The number of benzene rings is 1. The molecule has 2 rings (SSSR count). The topological polar surface area (TPSA) is 83.8 Å². The molecular weight excluding hydrogens is 380 g/mol. The lowest BCUT2D eigenvalue weighted by molar-refractivity contribution is -0.140. The molecule has 0 amide bonds. The lowest BCUT2D eigenvalue weighted by Crippen LogP contribution is -2.23. The quantitative estimate of drug-likeness (QED) is 0.297. The third-order valence-electron chi connectivity index (χ3n) is 6.16. The molecule has 1 aliphatic rings. The van der Waals surface area contributed by atoms with Gasteiger partial charge in [-0.25, -0.2) is 0 Å². The second-order valence-electron chi connectivity index (χ2n) is 8.42. The van der Waals surface area contributed by atoms with E-state index in [4.69, 9.17) is 0 Å². The van der Waals surface area contributed by atoms with Gasteiger partial charge in [0.2, 0.25) is 0 Å². The van der Waals surface area contributed by atoms with E-state index >= 15 is 0 Å². The summed E-state index contributed by atoms with van der Waals surface area (Å²) in [5.41, 5.74) is 1.60. The molecule has 2 unspecified atom stereocenters. The molecule has 0 aliphatic heterocycles. The van der Waals surface area contributed by atoms with E-state index < -0.39 is 12.2 Å². The number of methoxy groups -OCH3 is 1. The van der Waals surface area contributed by atoms with Crippen LogP contribution in [0.4, 0.5) is 0 Å². The van der Waals surface area contributed by atoms with Crippen LogP contribution in [0.15, 0.2) is 36.4 Å². The summed E-state index contributed by atoms with van der Waals surface area (Å²) < 4.78 is 4.65. The predicted molar refractivity (Wildman–Crippen MR) is 117 cm³/mol. The van der Waals surface area contributed by atoms with Crippen LogP contribution in [0, 0.1) is 0 Å². The minimum atomic E-state index is -0.888. The Labute approximate surface area is 180 Å². The first-order valence-electron chi connectivity index (χ1n) is 11.1. The van der Waals surface area contributed by atoms with Crippen LogP contribution < -0.4 is 0 Å². The number of Topliss-reactive ketones (excluding diaryl/α,β-unsaturated/α-hetero) is 1. The molecule has 1 aliphatic carbocycles. The van der Waals surface area contributed by atoms with Crippen molar-refractivity contribution in [1.29, 1.82) is 0 Å². The zero-order chi connectivity index (χ0) is 22.0. The molecule has 5 nitrogen and oxygen atoms in total. The fourth-order valence-electron chi connectivity index (χ4n) is 4.19. The van der Waals surface area contributed by atoms with Gasteiger partial charge in [0.25, 0.3) is 0 Å². The van der Waals surface area contributed by atoms with Crippen molar-refractivity contribution in [3.63, 3.8) is 0 Å². The van der Waals surface area contributed by atoms with E-state index in [9.17, 15) is 19.8 Å². The lowest BCUT2D eigenvalue weighted by Gasteiger charge is -2.28. The second kappa shape index (κ2) is 12.0. The van der Waals surface area contributed by atoms with Crippen molar-refractivity contribution in [3.05, 3.63) is 47.5 Å². The van der Waals surface area contributed by atoms with Gasteiger partial charge in [-0.05, 0) is 43.2 Å². The first-order valence-corrected chi connectivity index (χ1v) is 11.1. The van der Waals surface area contributed by atoms with E-state index in [1.54, 1.807) is 0 Å². The molecule has 30 heavy (non-hydrogen) atoms. The van der Waals surface area contributed by atoms with Crippen molar-refractivity contribution in [2.24, 2.45) is 0 Å². The largest absolute Gasteiger partial charge is 0.469 e. The van der Waals surface area contributed by atoms with Crippen LogP contribution in [0.1, 0.15) is 88.4 Å². The number of ether oxygens (including phenoxy) is 1. The molecule has 166 valence electrons. The molecule has 3 atom stereocenters. The summed E-state index contributed by atoms with van der Waals surface area (Å²) in [5, 5.41) is 20.6. The summed E-state index contributed by atoms with van der Waals surface area (Å²) in [4.78, 5) is 23.3. The number of aliphatic hydroxyl groups is 2. The van der Waals surface area contributed by atoms with Gasteiger partial charge in [-0.1, -0.05) is 56.2 Å². The van der Waals surface area contributed by atoms with Gasteiger partial charge in [-0.15, -0.1) is 0 Å². The van der Waals surface area contributed by atoms with E-state index in [2.05, 4.69) is 23.8 Å². The number of rotatable bonds is 12. The normalized spacial score (nSPS) is 21.1. The highest BCUT2D eigenvalue weighted by Crippen LogP contribution is 2.43. The maximum atomic E-state index is 12.1. The van der Waals surface area contributed by atoms with Crippen LogP contribution in [-0.2, 0) is 19.7 Å². The van der Waals surface area contributed by atoms with E-state index in [0.29, 0.717) is 31.2 Å². The number of aliphatic hydroxyl groups excluding tert-OH is 2. The number of carbonyl (C=O) groups excluding carboxylic acids is 2. The Kier molecular flexibility index (Phi) is 9.73. The van der Waals surface area contributed by atoms with Crippen LogP contribution in [0.2, 0.25) is 0 Å². The maximum absolute atomic E-state index is 12.1. The molecule has 1 aromatic carbocycles. The standard InChI is InChI=1S/C25H36O5/c1-3-4-9-22(27)24(29)19-11-13-20(14-12-19)25(17-15-21(26)18-25)16-8-6-5-7-10-23(28)30-2/h6,8,11-14,22,24,27,29H,3-5,7,9-10,15-18H2,1-2H3/t22?,24?,25-/m0/s1. The van der Waals surface area contributed by atoms with E-state index in [0.717, 1.165) is 44.1 Å². The fourth-order valence-corrected chi connectivity index (χ4v) is 4.19. The fraction of sp³-hybridized carbons (Fsp3) is 0.600. The molecule has 0 aromatic heterocycles. The Morgan fingerprint density at radius 3 is 2.53 bits per heavy atom. The van der Waals surface area contributed by atoms with Crippen molar-refractivity contribution in [2.45, 2.75) is 88.8 Å². The number of ketones is 1. The van der Waals surface area contributed by atoms with Crippen LogP contribution >= 0.6 is 0 Å². The zero-order valence-corrected chi connectivity index (χ0v) is 18.3. The molecular formula is C25H36O5. The van der Waals surface area contributed by atoms with Crippen molar-refractivity contribution in [1.82, 2.24) is 0 Å². The number of carbonyl (C=O) groups is 2. The maximum Gasteiger partial charge on any atom is 0.305 e. The third-order valence-corrected chi connectivity index (χ3v) is 6.16. The minimum absolute atomic E-state index is 0.191. The smallest absolute Gasteiger partial charge is 0.305 e. The Morgan fingerprint density at radius 1 is 1.20 bits per heavy atom. The van der Waals surface area contributed by atoms with Crippen LogP contribution in [0.3, 0.4) is 0 Å². The van der Waals surface area contributed by atoms with Gasteiger partial charge in [0.05, 0.1) is 13.2 Å². The first-order chi connectivity index (χ1) is 14.4. The molecule has 0 saturated heterocycles. The summed E-state index contributed by atoms with van der Waals surface area (Å²) in [7, 11) is 1.40. The van der Waals surface area contributed by atoms with Gasteiger partial charge in [0, 0.05) is 24.7 Å². The number of hydrogen-bond donors (Lipinski definition) is 2. The van der Waals surface area contributed by atoms with E-state index in [-0.39, 0.29) is 17.2 Å². The monoisotopic (exact) mass is 416 g/mol. The van der Waals surface area contributed by atoms with Gasteiger partial charge in [0.15, 0.2) is 0 Å². The number of unbranched alkanes of at least 4 members (excludes halogenated alkanes) is 2. The van der Waals surface area contributed by atoms with E-state index in [1.165, 1.54) is 7.11 Å². The van der Waals surface area contributed by atoms with Crippen LogP contribution in [0.25, 0.3) is 0 Å². The summed E-state index contributed by atoms with van der Waals surface area (Å²) >= 11 is 0. The highest BCUT2D eigenvalue weighted by Gasteiger charge is 2.39. The van der Waals surface area contributed by atoms with Gasteiger partial charge in [0.1, 0.15) is 11.9 Å². The van der Waals surface area contributed by atoms with Crippen molar-refractivity contribution < 1.29 is 24.5 Å². The summed E-state index contributed by atoms with van der Waals surface area (Å²) in [6.07, 6.45) is 9.69. The molecule has 0 heterocycles. The summed E-state index contributed by atoms with van der Waals surface area (Å²) in [6, 6.07) is 7.74. The van der Waals surface area contributed by atoms with Crippen LogP contribution in [-0.4, -0.2) is 35.2 Å². The van der Waals surface area contributed by atoms with Gasteiger partial charge < -0.3 is 14.9 Å². The van der Waals surface area contributed by atoms with Gasteiger partial charge in [-0.2, -0.15) is 0 Å². The predicted octanol–water partition coefficient (Wildman–Crippen LogP) is 4.55. The minimum Gasteiger partial charge on any atom is -0.469 e. The first kappa shape index (κ1) is 24.3. The van der Waals surface area contributed by atoms with E-state index in [1.807, 2.05) is 24.3 Å². The highest BCUT2D eigenvalue weighted by molar-refractivity contribution is 5.83. The molecule has 1 fully saturated rings. The molecule has 1 aromatic rings. The molecule has 5 heteroatoms. The SMILES string of the molecule is CCCCC(O)C(O)c1ccc([C@@]2(CC=CCCCC(=O)OC)CCC(=O)C2)cc1. The molecule has 0 bridgehead atoms. The molecule has 2 N–H and O–H groups in total. The number of hydrogen-bond acceptors (Lipinski definition) is 5. The second-order valence-corrected chi connectivity index (χ2v) is 8.42. The lowest BCUT2D eigenvalue weighted by atomic mass is 9.75. The average molecular weight is 417 g/mol.